The fraction of sp³-hybridized carbons (Fsp3) is 0.125. The Kier molecular flexibility index (Phi) is 7.58. The van der Waals surface area contributed by atoms with E-state index in [1.165, 1.54) is 18.2 Å². The van der Waals surface area contributed by atoms with Crippen molar-refractivity contribution >= 4 is 29.2 Å². The fourth-order valence-electron chi connectivity index (χ4n) is 3.26. The summed E-state index contributed by atoms with van der Waals surface area (Å²) >= 11 is 5.93. The van der Waals surface area contributed by atoms with Gasteiger partial charge in [-0.05, 0) is 35.9 Å². The van der Waals surface area contributed by atoms with Gasteiger partial charge in [0.15, 0.2) is 11.6 Å². The highest BCUT2D eigenvalue weighted by Gasteiger charge is 2.16. The molecule has 0 aliphatic heterocycles. The summed E-state index contributed by atoms with van der Waals surface area (Å²) < 4.78 is 34.9. The second kappa shape index (κ2) is 11.0. The number of nitrogens with one attached hydrogen (secondary N) is 1. The van der Waals surface area contributed by atoms with E-state index in [2.05, 4.69) is 15.3 Å². The zero-order valence-corrected chi connectivity index (χ0v) is 19.7. The van der Waals surface area contributed by atoms with E-state index in [0.29, 0.717) is 15.2 Å². The van der Waals surface area contributed by atoms with Crippen molar-refractivity contribution in [2.75, 3.05) is 5.32 Å². The standard InChI is InChI=1S/C24H18ClF2N5O5/c25-15-3-1-14(2-4-15)13-32-22(30-23(35)31(24(32)36)10-9-21(33)34)29-17-6-7-19(18(27)11-17)37-20-8-5-16(26)12-28-20/h1-8,11-12H,9-10,13H2,(H,33,34)(H,29,30,35). The summed E-state index contributed by atoms with van der Waals surface area (Å²) in [5, 5.41) is 12.2. The van der Waals surface area contributed by atoms with Crippen LogP contribution < -0.4 is 21.4 Å². The molecule has 0 atom stereocenters. The van der Waals surface area contributed by atoms with Crippen LogP contribution in [0.15, 0.2) is 70.4 Å². The van der Waals surface area contributed by atoms with Gasteiger partial charge in [0.1, 0.15) is 5.82 Å². The molecule has 10 nitrogen and oxygen atoms in total. The van der Waals surface area contributed by atoms with Crippen LogP contribution in [0.1, 0.15) is 12.0 Å². The van der Waals surface area contributed by atoms with E-state index in [0.717, 1.165) is 22.9 Å². The first-order valence-electron chi connectivity index (χ1n) is 10.7. The molecule has 0 aliphatic rings. The van der Waals surface area contributed by atoms with Crippen molar-refractivity contribution in [2.24, 2.45) is 0 Å². The van der Waals surface area contributed by atoms with Crippen LogP contribution in [0.3, 0.4) is 0 Å². The number of ether oxygens (including phenoxy) is 1. The van der Waals surface area contributed by atoms with Crippen molar-refractivity contribution in [2.45, 2.75) is 19.5 Å². The van der Waals surface area contributed by atoms with Crippen LogP contribution in [0.2, 0.25) is 5.02 Å². The van der Waals surface area contributed by atoms with E-state index in [1.807, 2.05) is 0 Å². The zero-order chi connectivity index (χ0) is 26.5. The normalized spacial score (nSPS) is 10.8. The lowest BCUT2D eigenvalue weighted by Crippen LogP contribution is -2.43. The summed E-state index contributed by atoms with van der Waals surface area (Å²) in [6.45, 7) is -0.419. The van der Waals surface area contributed by atoms with Gasteiger partial charge in [-0.2, -0.15) is 4.98 Å². The molecule has 2 heterocycles. The van der Waals surface area contributed by atoms with E-state index in [9.17, 15) is 23.2 Å². The number of hydrogen-bond donors (Lipinski definition) is 2. The number of carboxylic acids is 1. The van der Waals surface area contributed by atoms with Crippen molar-refractivity contribution < 1.29 is 23.4 Å². The van der Waals surface area contributed by atoms with Gasteiger partial charge in [-0.25, -0.2) is 27.9 Å². The highest BCUT2D eigenvalue weighted by atomic mass is 35.5. The number of benzene rings is 2. The molecule has 0 amide bonds. The molecule has 2 N–H and O–H groups in total. The highest BCUT2D eigenvalue weighted by Crippen LogP contribution is 2.26. The van der Waals surface area contributed by atoms with Crippen molar-refractivity contribution in [1.82, 2.24) is 19.1 Å². The van der Waals surface area contributed by atoms with Crippen LogP contribution in [-0.4, -0.2) is 30.2 Å². The summed E-state index contributed by atoms with van der Waals surface area (Å²) in [6, 6.07) is 12.7. The van der Waals surface area contributed by atoms with E-state index in [1.54, 1.807) is 24.3 Å². The molecule has 4 aromatic rings. The second-order valence-corrected chi connectivity index (χ2v) is 8.13. The van der Waals surface area contributed by atoms with E-state index >= 15 is 0 Å². The molecule has 0 radical (unpaired) electrons. The Balaban J connectivity index is 1.67. The number of hydrogen-bond acceptors (Lipinski definition) is 7. The van der Waals surface area contributed by atoms with Crippen LogP contribution in [0, 0.1) is 11.6 Å². The van der Waals surface area contributed by atoms with Gasteiger partial charge in [0.2, 0.25) is 11.8 Å². The van der Waals surface area contributed by atoms with Crippen LogP contribution in [0.25, 0.3) is 0 Å². The molecule has 13 heteroatoms. The smallest absolute Gasteiger partial charge is 0.354 e. The Bertz CT molecular complexity index is 1560. The number of anilines is 2. The molecule has 190 valence electrons. The molecule has 2 aromatic heterocycles. The Morgan fingerprint density at radius 3 is 2.46 bits per heavy atom. The van der Waals surface area contributed by atoms with Gasteiger partial charge in [0.25, 0.3) is 0 Å². The van der Waals surface area contributed by atoms with Crippen molar-refractivity contribution in [1.29, 1.82) is 0 Å². The third-order valence-corrected chi connectivity index (χ3v) is 5.31. The van der Waals surface area contributed by atoms with E-state index in [-0.39, 0.29) is 36.4 Å². The predicted octanol–water partition coefficient (Wildman–Crippen LogP) is 3.79. The minimum absolute atomic E-state index is 0.0237. The largest absolute Gasteiger partial charge is 0.481 e. The van der Waals surface area contributed by atoms with Gasteiger partial charge < -0.3 is 15.2 Å². The lowest BCUT2D eigenvalue weighted by atomic mass is 10.2. The van der Waals surface area contributed by atoms with Crippen LogP contribution in [0.5, 0.6) is 11.6 Å². The third-order valence-electron chi connectivity index (χ3n) is 5.06. The number of nitrogens with zero attached hydrogens (tertiary/aromatic N) is 4. The van der Waals surface area contributed by atoms with Gasteiger partial charge in [-0.1, -0.05) is 23.7 Å². The molecule has 0 saturated heterocycles. The maximum atomic E-state index is 14.7. The number of pyridine rings is 1. The first kappa shape index (κ1) is 25.5. The van der Waals surface area contributed by atoms with Gasteiger partial charge in [0, 0.05) is 29.4 Å². The lowest BCUT2D eigenvalue weighted by molar-refractivity contribution is -0.137. The average molecular weight is 530 g/mol. The molecule has 0 bridgehead atoms. The summed E-state index contributed by atoms with van der Waals surface area (Å²) in [5.74, 6) is -2.98. The quantitative estimate of drug-likeness (QED) is 0.335. The first-order chi connectivity index (χ1) is 17.7. The number of carboxylic acid groups (broad SMARTS) is 1. The molecule has 0 saturated carbocycles. The van der Waals surface area contributed by atoms with E-state index < -0.39 is 35.4 Å². The third kappa shape index (κ3) is 6.35. The molecular formula is C24H18ClF2N5O5. The van der Waals surface area contributed by atoms with Crippen LogP contribution in [-0.2, 0) is 17.9 Å². The van der Waals surface area contributed by atoms with Crippen LogP contribution >= 0.6 is 11.6 Å². The van der Waals surface area contributed by atoms with Gasteiger partial charge in [-0.15, -0.1) is 0 Å². The minimum Gasteiger partial charge on any atom is -0.481 e. The topological polar surface area (TPSA) is 128 Å². The van der Waals surface area contributed by atoms with Gasteiger partial charge in [-0.3, -0.25) is 9.36 Å². The fourth-order valence-corrected chi connectivity index (χ4v) is 3.39. The maximum Gasteiger partial charge on any atom is 0.354 e. The molecule has 37 heavy (non-hydrogen) atoms. The summed E-state index contributed by atoms with van der Waals surface area (Å²) in [5.41, 5.74) is -0.997. The number of rotatable bonds is 9. The van der Waals surface area contributed by atoms with Gasteiger partial charge >= 0.3 is 17.3 Å². The van der Waals surface area contributed by atoms with E-state index in [4.69, 9.17) is 21.4 Å². The predicted molar refractivity (Wildman–Crippen MR) is 130 cm³/mol. The first-order valence-corrected chi connectivity index (χ1v) is 11.1. The summed E-state index contributed by atoms with van der Waals surface area (Å²) in [7, 11) is 0. The Hall–Kier alpha value is -4.58. The maximum absolute atomic E-state index is 14.7. The lowest BCUT2D eigenvalue weighted by Gasteiger charge is -2.16. The number of carbonyl (C=O) groups is 1. The molecule has 4 rings (SSSR count). The number of aromatic nitrogens is 4. The number of aliphatic carboxylic acids is 1. The molecule has 0 fully saturated rings. The molecule has 2 aromatic carbocycles. The van der Waals surface area contributed by atoms with Crippen LogP contribution in [0.4, 0.5) is 20.4 Å². The Labute approximate surface area is 212 Å². The molecule has 0 aliphatic carbocycles. The average Bonchev–Trinajstić information content (AvgIpc) is 2.85. The molecule has 0 unspecified atom stereocenters. The summed E-state index contributed by atoms with van der Waals surface area (Å²) in [4.78, 5) is 44.2. The minimum atomic E-state index is -1.19. The van der Waals surface area contributed by atoms with Crippen molar-refractivity contribution in [3.63, 3.8) is 0 Å². The molecular weight excluding hydrogens is 512 g/mol. The summed E-state index contributed by atoms with van der Waals surface area (Å²) in [6.07, 6.45) is 0.466. The zero-order valence-electron chi connectivity index (χ0n) is 18.9. The number of halogens is 3. The monoisotopic (exact) mass is 529 g/mol. The van der Waals surface area contributed by atoms with Crippen molar-refractivity contribution in [3.05, 3.63) is 104 Å². The van der Waals surface area contributed by atoms with Crippen molar-refractivity contribution in [3.8, 4) is 11.6 Å². The molecule has 0 spiro atoms. The Morgan fingerprint density at radius 1 is 1.05 bits per heavy atom. The Morgan fingerprint density at radius 2 is 1.81 bits per heavy atom. The highest BCUT2D eigenvalue weighted by molar-refractivity contribution is 6.30. The second-order valence-electron chi connectivity index (χ2n) is 7.70. The van der Waals surface area contributed by atoms with Gasteiger partial charge in [0.05, 0.1) is 19.2 Å². The SMILES string of the molecule is O=C(O)CCn1c(=O)nc(Nc2ccc(Oc3ccc(F)cn3)c(F)c2)n(Cc2ccc(Cl)cc2)c1=O.